The minimum atomic E-state index is -1.68. The predicted octanol–water partition coefficient (Wildman–Crippen LogP) is -0.639. The lowest BCUT2D eigenvalue weighted by Gasteiger charge is -2.10. The van der Waals surface area contributed by atoms with Gasteiger partial charge < -0.3 is 15.2 Å². The number of hydrogen-bond acceptors (Lipinski definition) is 4. The van der Waals surface area contributed by atoms with Crippen LogP contribution in [0, 0.1) is 0 Å². The first-order valence-corrected chi connectivity index (χ1v) is 6.23. The third-order valence-electron chi connectivity index (χ3n) is 1.85. The van der Waals surface area contributed by atoms with E-state index in [1.165, 1.54) is 6.92 Å². The number of carboxylic acid groups (broad SMARTS) is 1. The fourth-order valence-corrected chi connectivity index (χ4v) is 1.75. The average molecular weight is 251 g/mol. The Bertz CT molecular complexity index is 269. The normalized spacial score (nSPS) is 14.1. The number of carboxylic acids is 1. The summed E-state index contributed by atoms with van der Waals surface area (Å²) in [6.07, 6.45) is 0.667. The van der Waals surface area contributed by atoms with E-state index in [4.69, 9.17) is 9.84 Å². The van der Waals surface area contributed by atoms with E-state index >= 15 is 0 Å². The molecule has 0 aromatic heterocycles. The van der Waals surface area contributed by atoms with E-state index in [2.05, 4.69) is 5.32 Å². The first kappa shape index (κ1) is 15.0. The molecule has 0 heterocycles. The van der Waals surface area contributed by atoms with Crippen LogP contribution in [0.2, 0.25) is 0 Å². The third kappa shape index (κ3) is 6.52. The number of hydrogen-bond donors (Lipinski definition) is 2. The maximum atomic E-state index is 11.4. The van der Waals surface area contributed by atoms with Gasteiger partial charge in [0.2, 0.25) is 5.91 Å². The van der Waals surface area contributed by atoms with Crippen LogP contribution in [0.4, 0.5) is 0 Å². The molecule has 16 heavy (non-hydrogen) atoms. The molecule has 94 valence electrons. The maximum Gasteiger partial charge on any atom is 0.316 e. The van der Waals surface area contributed by atoms with Gasteiger partial charge in [0.1, 0.15) is 11.0 Å². The zero-order valence-electron chi connectivity index (χ0n) is 9.39. The molecule has 2 N–H and O–H groups in total. The van der Waals surface area contributed by atoms with Crippen LogP contribution in [0.1, 0.15) is 13.3 Å². The zero-order chi connectivity index (χ0) is 12.6. The topological polar surface area (TPSA) is 92.7 Å². The zero-order valence-corrected chi connectivity index (χ0v) is 10.2. The Morgan fingerprint density at radius 3 is 2.62 bits per heavy atom. The molecule has 0 bridgehead atoms. The highest BCUT2D eigenvalue weighted by Gasteiger charge is 2.21. The fraction of sp³-hybridized carbons (Fsp3) is 0.778. The van der Waals surface area contributed by atoms with Crippen molar-refractivity contribution in [3.63, 3.8) is 0 Å². The van der Waals surface area contributed by atoms with Gasteiger partial charge >= 0.3 is 5.97 Å². The molecule has 2 unspecified atom stereocenters. The smallest absolute Gasteiger partial charge is 0.316 e. The Hall–Kier alpha value is -0.950. The molecule has 0 spiro atoms. The van der Waals surface area contributed by atoms with Gasteiger partial charge in [-0.1, -0.05) is 0 Å². The van der Waals surface area contributed by atoms with Gasteiger partial charge in [0.05, 0.1) is 0 Å². The summed E-state index contributed by atoms with van der Waals surface area (Å²) in [6.45, 7) is 2.42. The summed E-state index contributed by atoms with van der Waals surface area (Å²) in [5, 5.41) is 10.2. The van der Waals surface area contributed by atoms with E-state index in [1.807, 2.05) is 0 Å². The quantitative estimate of drug-likeness (QED) is 0.560. The van der Waals surface area contributed by atoms with Crippen molar-refractivity contribution in [2.75, 3.05) is 26.0 Å². The van der Waals surface area contributed by atoms with Crippen LogP contribution in [0.15, 0.2) is 0 Å². The fourth-order valence-electron chi connectivity index (χ4n) is 0.938. The molecule has 0 saturated heterocycles. The number of aliphatic carboxylic acids is 1. The highest BCUT2D eigenvalue weighted by molar-refractivity contribution is 7.87. The lowest BCUT2D eigenvalue weighted by molar-refractivity contribution is -0.133. The van der Waals surface area contributed by atoms with Crippen LogP contribution in [0.5, 0.6) is 0 Å². The van der Waals surface area contributed by atoms with Crippen molar-refractivity contribution in [3.8, 4) is 0 Å². The van der Waals surface area contributed by atoms with Gasteiger partial charge in [-0.15, -0.1) is 0 Å². The van der Waals surface area contributed by atoms with E-state index in [0.29, 0.717) is 19.6 Å². The van der Waals surface area contributed by atoms with Gasteiger partial charge in [-0.3, -0.25) is 13.8 Å². The minimum Gasteiger partial charge on any atom is -0.481 e. The summed E-state index contributed by atoms with van der Waals surface area (Å²) in [5.41, 5.74) is 0. The summed E-state index contributed by atoms with van der Waals surface area (Å²) >= 11 is 0. The highest BCUT2D eigenvalue weighted by Crippen LogP contribution is 1.96. The van der Waals surface area contributed by atoms with Gasteiger partial charge in [0, 0.05) is 31.1 Å². The molecular weight excluding hydrogens is 234 g/mol. The molecule has 0 aliphatic carbocycles. The standard InChI is InChI=1S/C9H17NO5S/c1-7(16(14)6-8(11)12)9(13)10-4-3-5-15-2/h7H,3-6H2,1-2H3,(H,10,13)(H,11,12). The van der Waals surface area contributed by atoms with Crippen LogP contribution < -0.4 is 5.32 Å². The van der Waals surface area contributed by atoms with Crippen molar-refractivity contribution in [2.45, 2.75) is 18.6 Å². The van der Waals surface area contributed by atoms with Gasteiger partial charge in [-0.05, 0) is 13.3 Å². The molecule has 2 atom stereocenters. The molecule has 7 heteroatoms. The first-order chi connectivity index (χ1) is 7.49. The van der Waals surface area contributed by atoms with E-state index in [9.17, 15) is 13.8 Å². The van der Waals surface area contributed by atoms with Crippen molar-refractivity contribution in [1.82, 2.24) is 5.32 Å². The lowest BCUT2D eigenvalue weighted by atomic mass is 10.4. The van der Waals surface area contributed by atoms with Crippen LogP contribution in [-0.2, 0) is 25.1 Å². The highest BCUT2D eigenvalue weighted by atomic mass is 32.2. The summed E-state index contributed by atoms with van der Waals surface area (Å²) in [5.74, 6) is -2.07. The predicted molar refractivity (Wildman–Crippen MR) is 59.6 cm³/mol. The van der Waals surface area contributed by atoms with Gasteiger partial charge in [0.15, 0.2) is 0 Å². The van der Waals surface area contributed by atoms with Crippen molar-refractivity contribution in [2.24, 2.45) is 0 Å². The molecule has 0 fully saturated rings. The second-order valence-electron chi connectivity index (χ2n) is 3.20. The second-order valence-corrected chi connectivity index (χ2v) is 4.96. The molecule has 1 amide bonds. The van der Waals surface area contributed by atoms with Crippen molar-refractivity contribution >= 4 is 22.7 Å². The molecular formula is C9H17NO5S. The number of amides is 1. The Labute approximate surface area is 96.8 Å². The Morgan fingerprint density at radius 1 is 1.50 bits per heavy atom. The monoisotopic (exact) mass is 251 g/mol. The molecule has 0 radical (unpaired) electrons. The molecule has 0 aromatic carbocycles. The number of methoxy groups -OCH3 is 1. The molecule has 0 saturated carbocycles. The first-order valence-electron chi connectivity index (χ1n) is 4.84. The molecule has 0 aromatic rings. The minimum absolute atomic E-state index is 0.393. The second kappa shape index (κ2) is 8.23. The van der Waals surface area contributed by atoms with E-state index < -0.39 is 33.7 Å². The largest absolute Gasteiger partial charge is 0.481 e. The summed E-state index contributed by atoms with van der Waals surface area (Å²) in [4.78, 5) is 21.7. The number of carbonyl (C=O) groups is 2. The Balaban J connectivity index is 3.89. The average Bonchev–Trinajstić information content (AvgIpc) is 2.22. The Kier molecular flexibility index (Phi) is 7.74. The molecule has 0 aliphatic heterocycles. The van der Waals surface area contributed by atoms with Crippen molar-refractivity contribution in [3.05, 3.63) is 0 Å². The molecule has 0 rings (SSSR count). The lowest BCUT2D eigenvalue weighted by Crippen LogP contribution is -2.37. The van der Waals surface area contributed by atoms with Crippen LogP contribution in [0.25, 0.3) is 0 Å². The van der Waals surface area contributed by atoms with Crippen molar-refractivity contribution in [1.29, 1.82) is 0 Å². The molecule has 0 aliphatic rings. The van der Waals surface area contributed by atoms with Crippen LogP contribution in [-0.4, -0.2) is 52.5 Å². The number of carbonyl (C=O) groups excluding carboxylic acids is 1. The number of ether oxygens (including phenoxy) is 1. The summed E-state index contributed by atoms with van der Waals surface area (Å²) < 4.78 is 16.1. The SMILES string of the molecule is COCCCNC(=O)C(C)S(=O)CC(=O)O. The van der Waals surface area contributed by atoms with Gasteiger partial charge in [-0.25, -0.2) is 0 Å². The van der Waals surface area contributed by atoms with Crippen LogP contribution in [0.3, 0.4) is 0 Å². The number of rotatable bonds is 8. The summed E-state index contributed by atoms with van der Waals surface area (Å²) in [7, 11) is -0.113. The third-order valence-corrected chi connectivity index (χ3v) is 3.39. The number of nitrogens with one attached hydrogen (secondary N) is 1. The van der Waals surface area contributed by atoms with Crippen LogP contribution >= 0.6 is 0 Å². The van der Waals surface area contributed by atoms with Gasteiger partial charge in [0.25, 0.3) is 0 Å². The van der Waals surface area contributed by atoms with E-state index in [1.54, 1.807) is 7.11 Å². The van der Waals surface area contributed by atoms with E-state index in [0.717, 1.165) is 0 Å². The van der Waals surface area contributed by atoms with Crippen molar-refractivity contribution < 1.29 is 23.6 Å². The van der Waals surface area contributed by atoms with Gasteiger partial charge in [-0.2, -0.15) is 0 Å². The summed E-state index contributed by atoms with van der Waals surface area (Å²) in [6, 6.07) is 0. The van der Waals surface area contributed by atoms with E-state index in [-0.39, 0.29) is 0 Å². The Morgan fingerprint density at radius 2 is 2.12 bits per heavy atom. The maximum absolute atomic E-state index is 11.4. The molecule has 6 nitrogen and oxygen atoms in total.